The molecule has 0 saturated carbocycles. The number of carbonyl (C=O) groups is 3. The second-order valence-corrected chi connectivity index (χ2v) is 9.15. The van der Waals surface area contributed by atoms with Gasteiger partial charge in [-0.3, -0.25) is 14.5 Å². The van der Waals surface area contributed by atoms with Crippen LogP contribution in [0.2, 0.25) is 10.0 Å². The van der Waals surface area contributed by atoms with Crippen molar-refractivity contribution >= 4 is 58.2 Å². The van der Waals surface area contributed by atoms with Crippen LogP contribution >= 0.6 is 35.0 Å². The van der Waals surface area contributed by atoms with Crippen LogP contribution in [0.1, 0.15) is 21.5 Å². The van der Waals surface area contributed by atoms with Crippen molar-refractivity contribution in [3.05, 3.63) is 98.1 Å². The van der Waals surface area contributed by atoms with Gasteiger partial charge in [-0.1, -0.05) is 35.3 Å². The highest BCUT2D eigenvalue weighted by Crippen LogP contribution is 2.36. The average molecular weight is 532 g/mol. The standard InChI is InChI=1S/C25H16Cl2FNO5S/c1-33-20-9-2-14(10-21(20)34-24(31)15-3-6-17(26)7-4-15)11-22-23(30)29(25(32)35-22)13-16-5-8-18(28)12-19(16)27/h2-12H,13H2,1H3/b22-11-. The second kappa shape index (κ2) is 10.5. The van der Waals surface area contributed by atoms with Gasteiger partial charge in [-0.2, -0.15) is 0 Å². The van der Waals surface area contributed by atoms with Crippen molar-refractivity contribution in [2.24, 2.45) is 0 Å². The van der Waals surface area contributed by atoms with E-state index >= 15 is 0 Å². The molecule has 3 aromatic carbocycles. The maximum Gasteiger partial charge on any atom is 0.343 e. The lowest BCUT2D eigenvalue weighted by atomic mass is 10.1. The van der Waals surface area contributed by atoms with Crippen LogP contribution in [0.4, 0.5) is 9.18 Å². The van der Waals surface area contributed by atoms with Crippen molar-refractivity contribution in [1.29, 1.82) is 0 Å². The first kappa shape index (κ1) is 24.8. The predicted octanol–water partition coefficient (Wildman–Crippen LogP) is 6.60. The molecule has 0 N–H and O–H groups in total. The van der Waals surface area contributed by atoms with E-state index in [4.69, 9.17) is 32.7 Å². The maximum absolute atomic E-state index is 13.3. The maximum atomic E-state index is 13.3. The summed E-state index contributed by atoms with van der Waals surface area (Å²) in [6.07, 6.45) is 1.51. The Balaban J connectivity index is 1.56. The summed E-state index contributed by atoms with van der Waals surface area (Å²) in [5.41, 5.74) is 1.25. The van der Waals surface area contributed by atoms with Crippen molar-refractivity contribution in [1.82, 2.24) is 4.90 Å². The lowest BCUT2D eigenvalue weighted by molar-refractivity contribution is -0.123. The molecule has 0 radical (unpaired) electrons. The molecule has 10 heteroatoms. The van der Waals surface area contributed by atoms with Crippen LogP contribution in [0, 0.1) is 5.82 Å². The zero-order valence-corrected chi connectivity index (χ0v) is 20.4. The topological polar surface area (TPSA) is 72.9 Å². The molecule has 2 amide bonds. The van der Waals surface area contributed by atoms with Crippen LogP contribution in [-0.2, 0) is 11.3 Å². The number of benzene rings is 3. The molecular weight excluding hydrogens is 516 g/mol. The third kappa shape index (κ3) is 5.67. The normalized spacial score (nSPS) is 14.5. The fraction of sp³-hybridized carbons (Fsp3) is 0.0800. The molecule has 1 aliphatic rings. The quantitative estimate of drug-likeness (QED) is 0.203. The van der Waals surface area contributed by atoms with Gasteiger partial charge < -0.3 is 9.47 Å². The molecule has 0 unspecified atom stereocenters. The van der Waals surface area contributed by atoms with Crippen molar-refractivity contribution in [2.75, 3.05) is 7.11 Å². The summed E-state index contributed by atoms with van der Waals surface area (Å²) < 4.78 is 24.1. The number of amides is 2. The molecule has 35 heavy (non-hydrogen) atoms. The molecule has 0 bridgehead atoms. The number of esters is 1. The first-order valence-electron chi connectivity index (χ1n) is 10.1. The van der Waals surface area contributed by atoms with E-state index in [9.17, 15) is 18.8 Å². The Morgan fingerprint density at radius 3 is 2.46 bits per heavy atom. The van der Waals surface area contributed by atoms with Gasteiger partial charge in [-0.25, -0.2) is 9.18 Å². The van der Waals surface area contributed by atoms with E-state index < -0.39 is 22.9 Å². The van der Waals surface area contributed by atoms with Crippen LogP contribution < -0.4 is 9.47 Å². The second-order valence-electron chi connectivity index (χ2n) is 7.31. The molecule has 0 aromatic heterocycles. The van der Waals surface area contributed by atoms with Crippen molar-refractivity contribution in [3.8, 4) is 11.5 Å². The summed E-state index contributed by atoms with van der Waals surface area (Å²) in [7, 11) is 1.43. The highest BCUT2D eigenvalue weighted by Gasteiger charge is 2.35. The molecule has 6 nitrogen and oxygen atoms in total. The van der Waals surface area contributed by atoms with Gasteiger partial charge in [0.1, 0.15) is 5.82 Å². The first-order chi connectivity index (χ1) is 16.7. The predicted molar refractivity (Wildman–Crippen MR) is 132 cm³/mol. The Kier molecular flexibility index (Phi) is 7.45. The number of hydrogen-bond acceptors (Lipinski definition) is 6. The molecule has 3 aromatic rings. The summed E-state index contributed by atoms with van der Waals surface area (Å²) in [5.74, 6) is -1.20. The number of methoxy groups -OCH3 is 1. The fourth-order valence-electron chi connectivity index (χ4n) is 3.22. The minimum Gasteiger partial charge on any atom is -0.493 e. The average Bonchev–Trinajstić information content (AvgIpc) is 3.08. The Morgan fingerprint density at radius 2 is 1.77 bits per heavy atom. The molecule has 0 atom stereocenters. The van der Waals surface area contributed by atoms with E-state index in [2.05, 4.69) is 0 Å². The summed E-state index contributed by atoms with van der Waals surface area (Å²) >= 11 is 12.7. The molecule has 1 saturated heterocycles. The SMILES string of the molecule is COc1ccc(/C=C2\SC(=O)N(Cc3ccc(F)cc3Cl)C2=O)cc1OC(=O)c1ccc(Cl)cc1. The zero-order chi connectivity index (χ0) is 25.1. The zero-order valence-electron chi connectivity index (χ0n) is 18.1. The van der Waals surface area contributed by atoms with Gasteiger partial charge in [0.2, 0.25) is 0 Å². The van der Waals surface area contributed by atoms with Crippen LogP contribution in [-0.4, -0.2) is 29.1 Å². The summed E-state index contributed by atoms with van der Waals surface area (Å²) in [5, 5.41) is 0.122. The highest BCUT2D eigenvalue weighted by molar-refractivity contribution is 8.18. The molecule has 1 heterocycles. The summed E-state index contributed by atoms with van der Waals surface area (Å²) in [6.45, 7) is -0.0896. The number of rotatable bonds is 6. The Hall–Kier alpha value is -3.33. The van der Waals surface area contributed by atoms with Crippen LogP contribution in [0.15, 0.2) is 65.6 Å². The molecule has 0 spiro atoms. The third-order valence-electron chi connectivity index (χ3n) is 4.99. The fourth-order valence-corrected chi connectivity index (χ4v) is 4.41. The largest absolute Gasteiger partial charge is 0.493 e. The number of imide groups is 1. The Morgan fingerprint density at radius 1 is 1.03 bits per heavy atom. The molecule has 1 aliphatic heterocycles. The number of hydrogen-bond donors (Lipinski definition) is 0. The van der Waals surface area contributed by atoms with Gasteiger partial charge in [-0.05, 0) is 77.5 Å². The van der Waals surface area contributed by atoms with E-state index in [0.29, 0.717) is 27.5 Å². The monoisotopic (exact) mass is 531 g/mol. The number of nitrogens with zero attached hydrogens (tertiary/aromatic N) is 1. The van der Waals surface area contributed by atoms with Gasteiger partial charge in [0.05, 0.1) is 24.1 Å². The number of ether oxygens (including phenoxy) is 2. The highest BCUT2D eigenvalue weighted by atomic mass is 35.5. The van der Waals surface area contributed by atoms with Crippen molar-refractivity contribution in [3.63, 3.8) is 0 Å². The molecule has 1 fully saturated rings. The molecule has 178 valence electrons. The van der Waals surface area contributed by atoms with E-state index in [0.717, 1.165) is 22.7 Å². The van der Waals surface area contributed by atoms with E-state index in [1.165, 1.54) is 43.5 Å². The summed E-state index contributed by atoms with van der Waals surface area (Å²) in [6, 6.07) is 14.7. The smallest absolute Gasteiger partial charge is 0.343 e. The van der Waals surface area contributed by atoms with E-state index in [1.54, 1.807) is 24.3 Å². The lowest BCUT2D eigenvalue weighted by Gasteiger charge is -2.13. The van der Waals surface area contributed by atoms with Gasteiger partial charge in [0, 0.05) is 10.0 Å². The number of thioether (sulfide) groups is 1. The first-order valence-corrected chi connectivity index (χ1v) is 11.7. The van der Waals surface area contributed by atoms with Gasteiger partial charge >= 0.3 is 5.97 Å². The number of carbonyl (C=O) groups excluding carboxylic acids is 3. The van der Waals surface area contributed by atoms with Crippen LogP contribution in [0.3, 0.4) is 0 Å². The number of halogens is 3. The van der Waals surface area contributed by atoms with E-state index in [-0.39, 0.29) is 22.2 Å². The minimum absolute atomic E-state index is 0.0896. The van der Waals surface area contributed by atoms with Gasteiger partial charge in [0.25, 0.3) is 11.1 Å². The van der Waals surface area contributed by atoms with Gasteiger partial charge in [-0.15, -0.1) is 0 Å². The Bertz CT molecular complexity index is 1360. The lowest BCUT2D eigenvalue weighted by Crippen LogP contribution is -2.27. The Labute approximate surface area is 214 Å². The summed E-state index contributed by atoms with van der Waals surface area (Å²) in [4.78, 5) is 39.1. The minimum atomic E-state index is -0.617. The molecule has 4 rings (SSSR count). The molecule has 0 aliphatic carbocycles. The van der Waals surface area contributed by atoms with Gasteiger partial charge in [0.15, 0.2) is 11.5 Å². The van der Waals surface area contributed by atoms with Crippen LogP contribution in [0.25, 0.3) is 6.08 Å². The van der Waals surface area contributed by atoms with Crippen molar-refractivity contribution < 1.29 is 28.2 Å². The van der Waals surface area contributed by atoms with Crippen molar-refractivity contribution in [2.45, 2.75) is 6.54 Å². The molecular formula is C25H16Cl2FNO5S. The third-order valence-corrected chi connectivity index (χ3v) is 6.50. The van der Waals surface area contributed by atoms with E-state index in [1.807, 2.05) is 0 Å². The van der Waals surface area contributed by atoms with Crippen LogP contribution in [0.5, 0.6) is 11.5 Å².